The summed E-state index contributed by atoms with van der Waals surface area (Å²) in [5, 5.41) is 0. The van der Waals surface area contributed by atoms with Gasteiger partial charge in [-0.2, -0.15) is 0 Å². The van der Waals surface area contributed by atoms with Gasteiger partial charge in [0, 0.05) is 32.7 Å². The van der Waals surface area contributed by atoms with Crippen molar-refractivity contribution in [3.8, 4) is 5.75 Å². The molecule has 36 heavy (non-hydrogen) atoms. The SMILES string of the molecule is CCOc1ccccc1N1CCN(CC(=O)c2c(N)n(Cc3ccccc3)c(=O)n(CC)c2=O)CC1. The van der Waals surface area contributed by atoms with E-state index in [4.69, 9.17) is 10.5 Å². The van der Waals surface area contributed by atoms with Crippen molar-refractivity contribution < 1.29 is 9.53 Å². The first-order chi connectivity index (χ1) is 17.4. The highest BCUT2D eigenvalue weighted by Crippen LogP contribution is 2.28. The maximum atomic E-state index is 13.3. The van der Waals surface area contributed by atoms with E-state index in [2.05, 4.69) is 4.90 Å². The number of aromatic nitrogens is 2. The molecule has 3 aromatic rings. The molecule has 0 atom stereocenters. The molecule has 0 amide bonds. The molecular formula is C27H33N5O4. The molecule has 0 radical (unpaired) electrons. The third-order valence-corrected chi connectivity index (χ3v) is 6.49. The minimum Gasteiger partial charge on any atom is -0.492 e. The van der Waals surface area contributed by atoms with Crippen LogP contribution in [0.5, 0.6) is 5.75 Å². The summed E-state index contributed by atoms with van der Waals surface area (Å²) in [4.78, 5) is 43.6. The molecule has 4 rings (SSSR count). The van der Waals surface area contributed by atoms with Crippen molar-refractivity contribution in [1.82, 2.24) is 14.0 Å². The summed E-state index contributed by atoms with van der Waals surface area (Å²) < 4.78 is 8.16. The molecule has 2 heterocycles. The minimum atomic E-state index is -0.626. The van der Waals surface area contributed by atoms with E-state index in [1.54, 1.807) is 6.92 Å². The number of nitrogens with two attached hydrogens (primary N) is 1. The van der Waals surface area contributed by atoms with Gasteiger partial charge in [0.25, 0.3) is 5.56 Å². The number of ether oxygens (including phenoxy) is 1. The lowest BCUT2D eigenvalue weighted by Crippen LogP contribution is -2.49. The van der Waals surface area contributed by atoms with Crippen LogP contribution in [0, 0.1) is 0 Å². The van der Waals surface area contributed by atoms with Crippen LogP contribution in [0.3, 0.4) is 0 Å². The molecule has 1 aromatic heterocycles. The standard InChI is InChI=1S/C27H33N5O4/c1-3-31-26(34)24(25(28)32(27(31)35)18-20-10-6-5-7-11-20)22(33)19-29-14-16-30(17-15-29)21-12-8-9-13-23(21)36-4-2/h5-13H,3-4,14-19,28H2,1-2H3. The van der Waals surface area contributed by atoms with E-state index >= 15 is 0 Å². The van der Waals surface area contributed by atoms with Crippen molar-refractivity contribution in [2.24, 2.45) is 0 Å². The number of hydrogen-bond donors (Lipinski definition) is 1. The van der Waals surface area contributed by atoms with Gasteiger partial charge < -0.3 is 15.4 Å². The molecule has 0 aliphatic carbocycles. The fourth-order valence-corrected chi connectivity index (χ4v) is 4.60. The second-order valence-electron chi connectivity index (χ2n) is 8.75. The fraction of sp³-hybridized carbons (Fsp3) is 0.370. The first kappa shape index (κ1) is 25.2. The Bertz CT molecular complexity index is 1320. The van der Waals surface area contributed by atoms with Crippen molar-refractivity contribution in [3.05, 3.63) is 86.6 Å². The number of nitrogens with zero attached hydrogens (tertiary/aromatic N) is 4. The van der Waals surface area contributed by atoms with Gasteiger partial charge >= 0.3 is 5.69 Å². The third-order valence-electron chi connectivity index (χ3n) is 6.49. The number of benzene rings is 2. The van der Waals surface area contributed by atoms with Crippen LogP contribution in [0.15, 0.2) is 64.2 Å². The number of Topliss-reactive ketones (excluding diaryl/α,β-unsaturated/α-hetero) is 1. The summed E-state index contributed by atoms with van der Waals surface area (Å²) in [5.41, 5.74) is 6.93. The summed E-state index contributed by atoms with van der Waals surface area (Å²) in [6.45, 7) is 7.41. The summed E-state index contributed by atoms with van der Waals surface area (Å²) in [6, 6.07) is 17.3. The van der Waals surface area contributed by atoms with Crippen LogP contribution >= 0.6 is 0 Å². The quantitative estimate of drug-likeness (QED) is 0.457. The fourth-order valence-electron chi connectivity index (χ4n) is 4.60. The predicted molar refractivity (Wildman–Crippen MR) is 141 cm³/mol. The van der Waals surface area contributed by atoms with Gasteiger partial charge in [0.2, 0.25) is 0 Å². The summed E-state index contributed by atoms with van der Waals surface area (Å²) >= 11 is 0. The maximum absolute atomic E-state index is 13.3. The topological polar surface area (TPSA) is 103 Å². The maximum Gasteiger partial charge on any atom is 0.332 e. The van der Waals surface area contributed by atoms with E-state index in [9.17, 15) is 14.4 Å². The third kappa shape index (κ3) is 5.21. The van der Waals surface area contributed by atoms with Gasteiger partial charge in [0.15, 0.2) is 5.78 Å². The zero-order valence-electron chi connectivity index (χ0n) is 20.9. The van der Waals surface area contributed by atoms with E-state index < -0.39 is 11.2 Å². The van der Waals surface area contributed by atoms with E-state index in [1.165, 1.54) is 4.57 Å². The zero-order chi connectivity index (χ0) is 25.7. The highest BCUT2D eigenvalue weighted by Gasteiger charge is 2.26. The lowest BCUT2D eigenvalue weighted by molar-refractivity contribution is 0.0924. The molecule has 0 unspecified atom stereocenters. The molecule has 0 bridgehead atoms. The first-order valence-electron chi connectivity index (χ1n) is 12.3. The number of piperazine rings is 1. The van der Waals surface area contributed by atoms with Gasteiger partial charge in [-0.25, -0.2) is 4.79 Å². The van der Waals surface area contributed by atoms with Crippen LogP contribution in [-0.4, -0.2) is 59.1 Å². The van der Waals surface area contributed by atoms with Gasteiger partial charge in [0.1, 0.15) is 17.1 Å². The monoisotopic (exact) mass is 491 g/mol. The van der Waals surface area contributed by atoms with E-state index in [0.717, 1.165) is 34.7 Å². The molecule has 1 aliphatic heterocycles. The molecule has 0 saturated carbocycles. The molecule has 2 N–H and O–H groups in total. The Labute approximate surface area is 210 Å². The summed E-state index contributed by atoms with van der Waals surface area (Å²) in [7, 11) is 0. The number of nitrogen functional groups attached to an aromatic ring is 1. The number of para-hydroxylation sites is 2. The second kappa shape index (κ2) is 11.3. The molecule has 1 saturated heterocycles. The van der Waals surface area contributed by atoms with Crippen molar-refractivity contribution in [2.75, 3.05) is 50.0 Å². The average molecular weight is 492 g/mol. The second-order valence-corrected chi connectivity index (χ2v) is 8.75. The number of anilines is 2. The highest BCUT2D eigenvalue weighted by atomic mass is 16.5. The largest absolute Gasteiger partial charge is 0.492 e. The molecule has 190 valence electrons. The Balaban J connectivity index is 1.53. The molecule has 0 spiro atoms. The van der Waals surface area contributed by atoms with Crippen molar-refractivity contribution in [3.63, 3.8) is 0 Å². The predicted octanol–water partition coefficient (Wildman–Crippen LogP) is 2.06. The Morgan fingerprint density at radius 3 is 2.25 bits per heavy atom. The summed E-state index contributed by atoms with van der Waals surface area (Å²) in [6.07, 6.45) is 0. The van der Waals surface area contributed by atoms with Gasteiger partial charge in [0.05, 0.1) is 25.4 Å². The molecule has 9 heteroatoms. The van der Waals surface area contributed by atoms with Gasteiger partial charge in [-0.05, 0) is 31.5 Å². The number of hydrogen-bond acceptors (Lipinski definition) is 7. The zero-order valence-corrected chi connectivity index (χ0v) is 20.9. The molecule has 1 fully saturated rings. The van der Waals surface area contributed by atoms with Crippen molar-refractivity contribution >= 4 is 17.3 Å². The first-order valence-corrected chi connectivity index (χ1v) is 12.3. The molecule has 1 aliphatic rings. The minimum absolute atomic E-state index is 0.0631. The van der Waals surface area contributed by atoms with Crippen LogP contribution in [0.2, 0.25) is 0 Å². The number of rotatable bonds is 9. The Morgan fingerprint density at radius 1 is 0.917 bits per heavy atom. The molecule has 2 aromatic carbocycles. The van der Waals surface area contributed by atoms with Crippen LogP contribution in [0.25, 0.3) is 0 Å². The number of ketones is 1. The van der Waals surface area contributed by atoms with Crippen LogP contribution < -0.4 is 26.6 Å². The normalized spacial score (nSPS) is 14.1. The lowest BCUT2D eigenvalue weighted by atomic mass is 10.1. The van der Waals surface area contributed by atoms with Crippen LogP contribution in [0.1, 0.15) is 29.8 Å². The van der Waals surface area contributed by atoms with Crippen LogP contribution in [0.4, 0.5) is 11.5 Å². The molecule has 9 nitrogen and oxygen atoms in total. The Kier molecular flexibility index (Phi) is 7.90. The lowest BCUT2D eigenvalue weighted by Gasteiger charge is -2.36. The Hall–Kier alpha value is -3.85. The van der Waals surface area contributed by atoms with E-state index in [0.29, 0.717) is 19.7 Å². The average Bonchev–Trinajstić information content (AvgIpc) is 2.88. The number of carbonyl (C=O) groups is 1. The van der Waals surface area contributed by atoms with E-state index in [-0.39, 0.29) is 36.8 Å². The summed E-state index contributed by atoms with van der Waals surface area (Å²) in [5.74, 6) is 0.399. The smallest absolute Gasteiger partial charge is 0.332 e. The van der Waals surface area contributed by atoms with E-state index in [1.807, 2.05) is 66.4 Å². The Morgan fingerprint density at radius 2 is 1.58 bits per heavy atom. The van der Waals surface area contributed by atoms with Gasteiger partial charge in [-0.15, -0.1) is 0 Å². The van der Waals surface area contributed by atoms with Crippen molar-refractivity contribution in [1.29, 1.82) is 0 Å². The molecular weight excluding hydrogens is 458 g/mol. The van der Waals surface area contributed by atoms with Crippen molar-refractivity contribution in [2.45, 2.75) is 26.9 Å². The highest BCUT2D eigenvalue weighted by molar-refractivity contribution is 6.01. The van der Waals surface area contributed by atoms with Crippen LogP contribution in [-0.2, 0) is 13.1 Å². The number of carbonyl (C=O) groups excluding carboxylic acids is 1. The van der Waals surface area contributed by atoms with Gasteiger partial charge in [-0.1, -0.05) is 42.5 Å². The van der Waals surface area contributed by atoms with Gasteiger partial charge in [-0.3, -0.25) is 23.6 Å².